The molecule has 1 unspecified atom stereocenters. The molecule has 1 atom stereocenters. The monoisotopic (exact) mass is 335 g/mol. The number of nitrogens with zero attached hydrogens (tertiary/aromatic N) is 3. The highest BCUT2D eigenvalue weighted by atomic mass is 16.2. The van der Waals surface area contributed by atoms with E-state index in [1.54, 1.807) is 11.9 Å². The number of hydrogen-bond donors (Lipinski definition) is 2. The quantitative estimate of drug-likeness (QED) is 0.838. The van der Waals surface area contributed by atoms with E-state index in [0.29, 0.717) is 13.1 Å². The minimum Gasteiger partial charge on any atom is -0.353 e. The first-order chi connectivity index (χ1) is 11.2. The van der Waals surface area contributed by atoms with Gasteiger partial charge in [0.15, 0.2) is 0 Å². The van der Waals surface area contributed by atoms with Crippen molar-refractivity contribution >= 4 is 11.8 Å². The molecule has 7 heteroatoms. The van der Waals surface area contributed by atoms with Gasteiger partial charge in [-0.2, -0.15) is 5.10 Å². The molecule has 0 aromatic carbocycles. The molecule has 134 valence electrons. The van der Waals surface area contributed by atoms with Gasteiger partial charge in [0.25, 0.3) is 0 Å². The molecule has 1 fully saturated rings. The molecule has 7 nitrogen and oxygen atoms in total. The van der Waals surface area contributed by atoms with Gasteiger partial charge in [-0.1, -0.05) is 20.8 Å². The lowest BCUT2D eigenvalue weighted by molar-refractivity contribution is -0.138. The summed E-state index contributed by atoms with van der Waals surface area (Å²) in [6.07, 6.45) is 0.196. The van der Waals surface area contributed by atoms with Gasteiger partial charge >= 0.3 is 0 Å². The number of amides is 2. The van der Waals surface area contributed by atoms with Crippen molar-refractivity contribution in [3.63, 3.8) is 0 Å². The SMILES string of the molecule is Cc1cc(CN(C)C(=O)CC2C(=O)NCCN2CC(C)(C)C)n[nH]1. The number of nitrogens with one attached hydrogen (secondary N) is 2. The van der Waals surface area contributed by atoms with Crippen molar-refractivity contribution in [1.29, 1.82) is 0 Å². The Morgan fingerprint density at radius 2 is 2.17 bits per heavy atom. The molecule has 2 amide bonds. The van der Waals surface area contributed by atoms with Crippen LogP contribution in [0.3, 0.4) is 0 Å². The van der Waals surface area contributed by atoms with E-state index in [9.17, 15) is 9.59 Å². The van der Waals surface area contributed by atoms with Crippen LogP contribution in [0.25, 0.3) is 0 Å². The van der Waals surface area contributed by atoms with Crippen molar-refractivity contribution in [2.75, 3.05) is 26.7 Å². The summed E-state index contributed by atoms with van der Waals surface area (Å²) in [6, 6.07) is 1.53. The van der Waals surface area contributed by atoms with Crippen molar-refractivity contribution < 1.29 is 9.59 Å². The molecule has 0 aliphatic carbocycles. The average molecular weight is 335 g/mol. The molecular weight excluding hydrogens is 306 g/mol. The predicted octanol–water partition coefficient (Wildman–Crippen LogP) is 0.913. The van der Waals surface area contributed by atoms with E-state index < -0.39 is 6.04 Å². The van der Waals surface area contributed by atoms with Crippen LogP contribution in [0.15, 0.2) is 6.07 Å². The molecule has 0 spiro atoms. The van der Waals surface area contributed by atoms with Crippen molar-refractivity contribution in [2.24, 2.45) is 5.41 Å². The molecule has 0 radical (unpaired) electrons. The van der Waals surface area contributed by atoms with Crippen LogP contribution in [0, 0.1) is 12.3 Å². The number of carbonyl (C=O) groups is 2. The summed E-state index contributed by atoms with van der Waals surface area (Å²) in [5.74, 6) is -0.0977. The molecule has 1 saturated heterocycles. The third kappa shape index (κ3) is 5.06. The first-order valence-electron chi connectivity index (χ1n) is 8.42. The molecule has 1 aliphatic rings. The minimum absolute atomic E-state index is 0.0448. The smallest absolute Gasteiger partial charge is 0.237 e. The van der Waals surface area contributed by atoms with Crippen LogP contribution < -0.4 is 5.32 Å². The molecule has 1 aromatic heterocycles. The average Bonchev–Trinajstić information content (AvgIpc) is 2.86. The normalized spacial score (nSPS) is 19.2. The number of aromatic amines is 1. The molecule has 1 aliphatic heterocycles. The van der Waals surface area contributed by atoms with E-state index in [1.165, 1.54) is 0 Å². The van der Waals surface area contributed by atoms with Gasteiger partial charge in [0.2, 0.25) is 11.8 Å². The summed E-state index contributed by atoms with van der Waals surface area (Å²) in [5.41, 5.74) is 1.87. The molecule has 0 saturated carbocycles. The fourth-order valence-electron chi connectivity index (χ4n) is 2.99. The summed E-state index contributed by atoms with van der Waals surface area (Å²) < 4.78 is 0. The van der Waals surface area contributed by atoms with Gasteiger partial charge in [-0.15, -0.1) is 0 Å². The lowest BCUT2D eigenvalue weighted by Gasteiger charge is -2.38. The van der Waals surface area contributed by atoms with Gasteiger partial charge < -0.3 is 10.2 Å². The van der Waals surface area contributed by atoms with Gasteiger partial charge in [-0.25, -0.2) is 0 Å². The highest BCUT2D eigenvalue weighted by molar-refractivity contribution is 5.88. The van der Waals surface area contributed by atoms with Crippen molar-refractivity contribution in [3.8, 4) is 0 Å². The number of H-pyrrole nitrogens is 1. The Morgan fingerprint density at radius 3 is 2.75 bits per heavy atom. The Hall–Kier alpha value is -1.89. The van der Waals surface area contributed by atoms with E-state index in [1.807, 2.05) is 13.0 Å². The molecule has 0 bridgehead atoms. The van der Waals surface area contributed by atoms with E-state index in [-0.39, 0.29) is 23.7 Å². The summed E-state index contributed by atoms with van der Waals surface area (Å²) in [7, 11) is 1.75. The largest absolute Gasteiger partial charge is 0.353 e. The maximum Gasteiger partial charge on any atom is 0.237 e. The Balaban J connectivity index is 1.99. The lowest BCUT2D eigenvalue weighted by atomic mass is 9.94. The van der Waals surface area contributed by atoms with E-state index in [0.717, 1.165) is 24.5 Å². The van der Waals surface area contributed by atoms with Crippen molar-refractivity contribution in [1.82, 2.24) is 25.3 Å². The molecule has 1 aromatic rings. The fourth-order valence-corrected chi connectivity index (χ4v) is 2.99. The van der Waals surface area contributed by atoms with Crippen LogP contribution in [-0.2, 0) is 16.1 Å². The first-order valence-corrected chi connectivity index (χ1v) is 8.42. The van der Waals surface area contributed by atoms with Gasteiger partial charge in [0, 0.05) is 32.4 Å². The zero-order valence-electron chi connectivity index (χ0n) is 15.3. The summed E-state index contributed by atoms with van der Waals surface area (Å²) in [4.78, 5) is 28.6. The number of rotatable bonds is 5. The Bertz CT molecular complexity index is 590. The number of carbonyl (C=O) groups excluding carboxylic acids is 2. The van der Waals surface area contributed by atoms with Crippen LogP contribution in [-0.4, -0.2) is 64.5 Å². The summed E-state index contributed by atoms with van der Waals surface area (Å²) in [6.45, 7) is 11.0. The Labute approximate surface area is 143 Å². The summed E-state index contributed by atoms with van der Waals surface area (Å²) >= 11 is 0. The molecule has 2 N–H and O–H groups in total. The Morgan fingerprint density at radius 1 is 1.46 bits per heavy atom. The van der Waals surface area contributed by atoms with Crippen LogP contribution in [0.1, 0.15) is 38.6 Å². The number of piperazine rings is 1. The third-order valence-electron chi connectivity index (χ3n) is 4.07. The second kappa shape index (κ2) is 7.34. The molecular formula is C17H29N5O2. The fraction of sp³-hybridized carbons (Fsp3) is 0.706. The number of aryl methyl sites for hydroxylation is 1. The maximum atomic E-state index is 12.6. The zero-order chi connectivity index (χ0) is 17.9. The van der Waals surface area contributed by atoms with E-state index in [4.69, 9.17) is 0 Å². The van der Waals surface area contributed by atoms with Crippen LogP contribution in [0.2, 0.25) is 0 Å². The second-order valence-electron chi connectivity index (χ2n) is 7.83. The van der Waals surface area contributed by atoms with Crippen LogP contribution in [0.5, 0.6) is 0 Å². The standard InChI is InChI=1S/C17H29N5O2/c1-12-8-13(20-19-12)10-21(5)15(23)9-14-16(24)18-6-7-22(14)11-17(2,3)4/h8,14H,6-7,9-11H2,1-5H3,(H,18,24)(H,19,20). The highest BCUT2D eigenvalue weighted by Crippen LogP contribution is 2.20. The van der Waals surface area contributed by atoms with Crippen LogP contribution in [0.4, 0.5) is 0 Å². The molecule has 2 heterocycles. The van der Waals surface area contributed by atoms with Crippen molar-refractivity contribution in [3.05, 3.63) is 17.5 Å². The van der Waals surface area contributed by atoms with E-state index in [2.05, 4.69) is 41.2 Å². The minimum atomic E-state index is -0.395. The predicted molar refractivity (Wildman–Crippen MR) is 92.2 cm³/mol. The number of hydrogen-bond acceptors (Lipinski definition) is 4. The van der Waals surface area contributed by atoms with Gasteiger partial charge in [-0.05, 0) is 18.4 Å². The third-order valence-corrected chi connectivity index (χ3v) is 4.07. The number of aromatic nitrogens is 2. The van der Waals surface area contributed by atoms with Crippen molar-refractivity contribution in [2.45, 2.75) is 46.7 Å². The zero-order valence-corrected chi connectivity index (χ0v) is 15.3. The lowest BCUT2D eigenvalue weighted by Crippen LogP contribution is -2.58. The topological polar surface area (TPSA) is 81.3 Å². The van der Waals surface area contributed by atoms with Crippen LogP contribution >= 0.6 is 0 Å². The van der Waals surface area contributed by atoms with Gasteiger partial charge in [-0.3, -0.25) is 19.6 Å². The highest BCUT2D eigenvalue weighted by Gasteiger charge is 2.34. The Kier molecular flexibility index (Phi) is 5.64. The van der Waals surface area contributed by atoms with E-state index >= 15 is 0 Å². The maximum absolute atomic E-state index is 12.6. The van der Waals surface area contributed by atoms with Gasteiger partial charge in [0.1, 0.15) is 0 Å². The van der Waals surface area contributed by atoms with Gasteiger partial charge in [0.05, 0.1) is 24.7 Å². The summed E-state index contributed by atoms with van der Waals surface area (Å²) in [5, 5.41) is 9.91. The first kappa shape index (κ1) is 18.4. The molecule has 2 rings (SSSR count). The molecule has 24 heavy (non-hydrogen) atoms. The second-order valence-corrected chi connectivity index (χ2v) is 7.83.